The summed E-state index contributed by atoms with van der Waals surface area (Å²) in [5.41, 5.74) is 3.66. The van der Waals surface area contributed by atoms with Gasteiger partial charge in [-0.25, -0.2) is 0 Å². The molecular weight excluding hydrogens is 390 g/mol. The highest BCUT2D eigenvalue weighted by Gasteiger charge is 2.49. The smallest absolute Gasteiger partial charge is 0.256 e. The molecule has 4 heterocycles. The van der Waals surface area contributed by atoms with Crippen LogP contribution in [0.4, 0.5) is 0 Å². The first-order valence-electron chi connectivity index (χ1n) is 11.0. The highest BCUT2D eigenvalue weighted by atomic mass is 16.5. The van der Waals surface area contributed by atoms with Crippen molar-refractivity contribution in [1.82, 2.24) is 20.4 Å². The second-order valence-corrected chi connectivity index (χ2v) is 8.77. The predicted molar refractivity (Wildman–Crippen MR) is 119 cm³/mol. The Hall–Kier alpha value is -3.03. The number of fused-ring (bicyclic) bond motifs is 1. The molecule has 2 N–H and O–H groups in total. The summed E-state index contributed by atoms with van der Waals surface area (Å²) in [5.74, 6) is 1.45. The predicted octanol–water partition coefficient (Wildman–Crippen LogP) is 2.59. The number of nitrogens with zero attached hydrogens (tertiary/aromatic N) is 3. The first-order valence-corrected chi connectivity index (χ1v) is 11.0. The summed E-state index contributed by atoms with van der Waals surface area (Å²) in [6.07, 6.45) is 3.17. The number of aromatic nitrogens is 2. The third-order valence-electron chi connectivity index (χ3n) is 6.76. The van der Waals surface area contributed by atoms with Gasteiger partial charge in [0, 0.05) is 62.6 Å². The monoisotopic (exact) mass is 415 g/mol. The van der Waals surface area contributed by atoms with E-state index in [1.165, 1.54) is 0 Å². The van der Waals surface area contributed by atoms with Crippen LogP contribution in [-0.2, 0) is 9.53 Å². The molecular formula is C24H25N5O2. The van der Waals surface area contributed by atoms with E-state index in [2.05, 4.69) is 58.0 Å². The number of aromatic amines is 1. The number of aliphatic imine (C=N–C) groups is 1. The average Bonchev–Trinajstić information content (AvgIpc) is 3.35. The van der Waals surface area contributed by atoms with E-state index < -0.39 is 5.54 Å². The van der Waals surface area contributed by atoms with Crippen LogP contribution in [0.3, 0.4) is 0 Å². The summed E-state index contributed by atoms with van der Waals surface area (Å²) < 4.78 is 5.53. The van der Waals surface area contributed by atoms with E-state index in [1.807, 2.05) is 11.1 Å². The molecule has 3 aliphatic heterocycles. The van der Waals surface area contributed by atoms with Crippen LogP contribution in [0.25, 0.3) is 22.0 Å². The van der Waals surface area contributed by atoms with Gasteiger partial charge >= 0.3 is 0 Å². The summed E-state index contributed by atoms with van der Waals surface area (Å²) in [5, 5.41) is 11.5. The molecule has 0 aliphatic carbocycles. The molecule has 7 heteroatoms. The average molecular weight is 415 g/mol. The van der Waals surface area contributed by atoms with E-state index in [9.17, 15) is 4.79 Å². The van der Waals surface area contributed by atoms with Crippen LogP contribution >= 0.6 is 0 Å². The highest BCUT2D eigenvalue weighted by Crippen LogP contribution is 2.35. The first kappa shape index (κ1) is 18.7. The lowest BCUT2D eigenvalue weighted by Gasteiger charge is -2.34. The number of amides is 1. The Morgan fingerprint density at radius 3 is 2.52 bits per heavy atom. The zero-order valence-corrected chi connectivity index (χ0v) is 17.3. The molecule has 2 fully saturated rings. The van der Waals surface area contributed by atoms with Crippen LogP contribution < -0.4 is 5.32 Å². The van der Waals surface area contributed by atoms with Crippen molar-refractivity contribution in [2.45, 2.75) is 18.4 Å². The topological polar surface area (TPSA) is 82.6 Å². The molecule has 2 aromatic carbocycles. The lowest BCUT2D eigenvalue weighted by Crippen LogP contribution is -2.52. The molecule has 0 radical (unpaired) electrons. The van der Waals surface area contributed by atoms with Gasteiger partial charge in [0.1, 0.15) is 11.4 Å². The standard InChI is InChI=1S/C24H25N5O2/c30-23-24(7-9-31-10-8-24)27-22(29(23)15-16-12-25-13-16)18-3-1-17(2-4-18)19-5-6-21-20(11-19)14-26-28-21/h1-6,11,14,16,25H,7-10,12-13,15H2,(H,26,28). The van der Waals surface area contributed by atoms with Crippen LogP contribution in [0.5, 0.6) is 0 Å². The number of carbonyl (C=O) groups excluding carboxylic acids is 1. The number of nitrogens with one attached hydrogen (secondary N) is 2. The van der Waals surface area contributed by atoms with Crippen molar-refractivity contribution in [3.8, 4) is 11.1 Å². The number of amidine groups is 1. The minimum Gasteiger partial charge on any atom is -0.381 e. The third-order valence-corrected chi connectivity index (χ3v) is 6.76. The summed E-state index contributed by atoms with van der Waals surface area (Å²) in [6.45, 7) is 3.84. The van der Waals surface area contributed by atoms with Gasteiger partial charge in [-0.2, -0.15) is 5.10 Å². The molecule has 0 atom stereocenters. The van der Waals surface area contributed by atoms with Gasteiger partial charge in [0.2, 0.25) is 0 Å². The normalized spacial score (nSPS) is 21.0. The van der Waals surface area contributed by atoms with E-state index in [0.717, 1.165) is 53.1 Å². The van der Waals surface area contributed by atoms with Gasteiger partial charge in [0.15, 0.2) is 0 Å². The molecule has 0 bridgehead atoms. The largest absolute Gasteiger partial charge is 0.381 e. The fraction of sp³-hybridized carbons (Fsp3) is 0.375. The van der Waals surface area contributed by atoms with Gasteiger partial charge < -0.3 is 10.1 Å². The molecule has 3 aliphatic rings. The van der Waals surface area contributed by atoms with Gasteiger partial charge in [-0.3, -0.25) is 19.8 Å². The van der Waals surface area contributed by atoms with E-state index in [1.54, 1.807) is 0 Å². The Balaban J connectivity index is 1.33. The van der Waals surface area contributed by atoms with Crippen LogP contribution in [0.1, 0.15) is 18.4 Å². The maximum absolute atomic E-state index is 13.5. The Labute approximate surface area is 180 Å². The van der Waals surface area contributed by atoms with Crippen molar-refractivity contribution in [2.75, 3.05) is 32.8 Å². The molecule has 2 saturated heterocycles. The number of H-pyrrole nitrogens is 1. The first-order chi connectivity index (χ1) is 15.2. The Morgan fingerprint density at radius 1 is 1.03 bits per heavy atom. The van der Waals surface area contributed by atoms with Gasteiger partial charge in [-0.1, -0.05) is 30.3 Å². The maximum atomic E-state index is 13.5. The Morgan fingerprint density at radius 2 is 1.77 bits per heavy atom. The van der Waals surface area contributed by atoms with Gasteiger partial charge in [0.25, 0.3) is 5.91 Å². The minimum atomic E-state index is -0.643. The SMILES string of the molecule is O=C1N(CC2CNC2)C(c2ccc(-c3ccc4[nH]ncc4c3)cc2)=NC12CCOCC2. The van der Waals surface area contributed by atoms with E-state index in [0.29, 0.717) is 32.0 Å². The van der Waals surface area contributed by atoms with E-state index >= 15 is 0 Å². The van der Waals surface area contributed by atoms with Crippen molar-refractivity contribution >= 4 is 22.6 Å². The van der Waals surface area contributed by atoms with Crippen LogP contribution in [-0.4, -0.2) is 65.2 Å². The van der Waals surface area contributed by atoms with Crippen LogP contribution in [0, 0.1) is 5.92 Å². The Kier molecular flexibility index (Phi) is 4.40. The summed E-state index contributed by atoms with van der Waals surface area (Å²) >= 11 is 0. The summed E-state index contributed by atoms with van der Waals surface area (Å²) in [7, 11) is 0. The van der Waals surface area contributed by atoms with Crippen molar-refractivity contribution in [2.24, 2.45) is 10.9 Å². The highest BCUT2D eigenvalue weighted by molar-refractivity contribution is 6.15. The number of rotatable bonds is 4. The molecule has 0 saturated carbocycles. The molecule has 1 spiro atoms. The second-order valence-electron chi connectivity index (χ2n) is 8.77. The van der Waals surface area contributed by atoms with Crippen molar-refractivity contribution in [1.29, 1.82) is 0 Å². The molecule has 7 nitrogen and oxygen atoms in total. The number of hydrogen-bond acceptors (Lipinski definition) is 5. The van der Waals surface area contributed by atoms with Crippen molar-refractivity contribution < 1.29 is 9.53 Å². The maximum Gasteiger partial charge on any atom is 0.256 e. The van der Waals surface area contributed by atoms with E-state index in [4.69, 9.17) is 9.73 Å². The number of benzene rings is 2. The summed E-state index contributed by atoms with van der Waals surface area (Å²) in [4.78, 5) is 20.4. The molecule has 1 aromatic heterocycles. The zero-order valence-electron chi connectivity index (χ0n) is 17.3. The lowest BCUT2D eigenvalue weighted by atomic mass is 9.90. The summed E-state index contributed by atoms with van der Waals surface area (Å²) in [6, 6.07) is 14.7. The number of hydrogen-bond donors (Lipinski definition) is 2. The molecule has 3 aromatic rings. The molecule has 6 rings (SSSR count). The van der Waals surface area contributed by atoms with Crippen molar-refractivity contribution in [3.63, 3.8) is 0 Å². The minimum absolute atomic E-state index is 0.146. The van der Waals surface area contributed by atoms with Crippen molar-refractivity contribution in [3.05, 3.63) is 54.2 Å². The van der Waals surface area contributed by atoms with Crippen LogP contribution in [0.15, 0.2) is 53.7 Å². The fourth-order valence-electron chi connectivity index (χ4n) is 4.75. The molecule has 31 heavy (non-hydrogen) atoms. The molecule has 0 unspecified atom stereocenters. The fourth-order valence-corrected chi connectivity index (χ4v) is 4.75. The lowest BCUT2D eigenvalue weighted by molar-refractivity contribution is -0.134. The number of carbonyl (C=O) groups is 1. The third kappa shape index (κ3) is 3.16. The van der Waals surface area contributed by atoms with Gasteiger partial charge in [-0.05, 0) is 23.3 Å². The quantitative estimate of drug-likeness (QED) is 0.686. The number of ether oxygens (including phenoxy) is 1. The zero-order chi connectivity index (χ0) is 20.8. The molecule has 1 amide bonds. The Bertz CT molecular complexity index is 1160. The molecule has 158 valence electrons. The van der Waals surface area contributed by atoms with Gasteiger partial charge in [0.05, 0.1) is 11.7 Å². The van der Waals surface area contributed by atoms with E-state index in [-0.39, 0.29) is 5.91 Å². The van der Waals surface area contributed by atoms with Crippen LogP contribution in [0.2, 0.25) is 0 Å². The van der Waals surface area contributed by atoms with Gasteiger partial charge in [-0.15, -0.1) is 0 Å². The second kappa shape index (κ2) is 7.28.